The second kappa shape index (κ2) is 8.17. The van der Waals surface area contributed by atoms with Gasteiger partial charge in [0.05, 0.1) is 6.61 Å². The van der Waals surface area contributed by atoms with E-state index in [1.54, 1.807) is 6.07 Å². The third-order valence-electron chi connectivity index (χ3n) is 4.05. The molecule has 0 saturated carbocycles. The molecule has 2 aromatic rings. The largest absolute Gasteiger partial charge is 0.464 e. The molecule has 0 fully saturated rings. The molecule has 138 valence electrons. The highest BCUT2D eigenvalue weighted by atomic mass is 19.4. The van der Waals surface area contributed by atoms with Crippen LogP contribution in [0.2, 0.25) is 0 Å². The van der Waals surface area contributed by atoms with Crippen LogP contribution in [0.5, 0.6) is 0 Å². The molecule has 3 nitrogen and oxygen atoms in total. The fraction of sp³-hybridized carbons (Fsp3) is 0.300. The van der Waals surface area contributed by atoms with Crippen LogP contribution in [0.15, 0.2) is 60.7 Å². The quantitative estimate of drug-likeness (QED) is 0.309. The molecule has 0 aliphatic heterocycles. The van der Waals surface area contributed by atoms with Crippen molar-refractivity contribution in [3.05, 3.63) is 71.8 Å². The van der Waals surface area contributed by atoms with Crippen LogP contribution < -0.4 is 0 Å². The standard InChI is InChI=1S/C20H19F3O3/c1-2-3-14-26-18(25)19(20(21,22)23,16-12-8-5-9-13-16)17(24)15-10-6-4-7-11-15/h4-13H,2-3,14H2,1H3. The Kier molecular flexibility index (Phi) is 6.18. The van der Waals surface area contributed by atoms with Gasteiger partial charge in [0.1, 0.15) is 0 Å². The number of halogens is 3. The van der Waals surface area contributed by atoms with Gasteiger partial charge in [0.25, 0.3) is 0 Å². The van der Waals surface area contributed by atoms with Gasteiger partial charge < -0.3 is 4.74 Å². The van der Waals surface area contributed by atoms with Crippen LogP contribution in [0.3, 0.4) is 0 Å². The molecule has 2 aromatic carbocycles. The highest BCUT2D eigenvalue weighted by Crippen LogP contribution is 2.44. The number of hydrogen-bond acceptors (Lipinski definition) is 3. The molecule has 0 radical (unpaired) electrons. The summed E-state index contributed by atoms with van der Waals surface area (Å²) in [6.07, 6.45) is -4.11. The Morgan fingerprint density at radius 2 is 1.46 bits per heavy atom. The molecule has 0 aromatic heterocycles. The van der Waals surface area contributed by atoms with Gasteiger partial charge in [-0.1, -0.05) is 74.0 Å². The van der Waals surface area contributed by atoms with E-state index < -0.39 is 28.9 Å². The summed E-state index contributed by atoms with van der Waals surface area (Å²) >= 11 is 0. The van der Waals surface area contributed by atoms with Gasteiger partial charge in [-0.2, -0.15) is 13.2 Å². The summed E-state index contributed by atoms with van der Waals surface area (Å²) in [6.45, 7) is 1.64. The number of unbranched alkanes of at least 4 members (excludes halogenated alkanes) is 1. The molecule has 0 aliphatic carbocycles. The molecule has 0 amide bonds. The molecule has 0 heterocycles. The van der Waals surface area contributed by atoms with Crippen LogP contribution in [0.4, 0.5) is 13.2 Å². The summed E-state index contributed by atoms with van der Waals surface area (Å²) in [5, 5.41) is 0. The summed E-state index contributed by atoms with van der Waals surface area (Å²) in [5.74, 6) is -2.95. The van der Waals surface area contributed by atoms with Gasteiger partial charge >= 0.3 is 12.1 Å². The van der Waals surface area contributed by atoms with Crippen molar-refractivity contribution in [3.63, 3.8) is 0 Å². The maximum atomic E-state index is 14.2. The van der Waals surface area contributed by atoms with Crippen molar-refractivity contribution in [1.29, 1.82) is 0 Å². The second-order valence-electron chi connectivity index (χ2n) is 5.80. The maximum absolute atomic E-state index is 14.2. The predicted octanol–water partition coefficient (Wildman–Crippen LogP) is 4.71. The Hall–Kier alpha value is -2.63. The first-order valence-electron chi connectivity index (χ1n) is 8.25. The summed E-state index contributed by atoms with van der Waals surface area (Å²) < 4.78 is 47.6. The minimum Gasteiger partial charge on any atom is -0.464 e. The topological polar surface area (TPSA) is 43.4 Å². The van der Waals surface area contributed by atoms with Crippen molar-refractivity contribution >= 4 is 11.8 Å². The van der Waals surface area contributed by atoms with E-state index in [4.69, 9.17) is 4.74 Å². The van der Waals surface area contributed by atoms with Gasteiger partial charge in [-0.05, 0) is 12.0 Å². The summed E-state index contributed by atoms with van der Waals surface area (Å²) in [4.78, 5) is 25.6. The van der Waals surface area contributed by atoms with E-state index in [9.17, 15) is 22.8 Å². The van der Waals surface area contributed by atoms with E-state index >= 15 is 0 Å². The SMILES string of the molecule is CCCCOC(=O)C(C(=O)c1ccccc1)(c1ccccc1)C(F)(F)F. The van der Waals surface area contributed by atoms with Crippen molar-refractivity contribution in [3.8, 4) is 0 Å². The van der Waals surface area contributed by atoms with Crippen molar-refractivity contribution < 1.29 is 27.5 Å². The number of benzene rings is 2. The molecule has 26 heavy (non-hydrogen) atoms. The zero-order valence-electron chi connectivity index (χ0n) is 14.3. The Labute approximate surface area is 149 Å². The lowest BCUT2D eigenvalue weighted by Gasteiger charge is -2.32. The third kappa shape index (κ3) is 3.64. The van der Waals surface area contributed by atoms with Gasteiger partial charge in [-0.25, -0.2) is 0 Å². The average molecular weight is 364 g/mol. The first kappa shape index (κ1) is 19.7. The molecule has 0 bridgehead atoms. The monoisotopic (exact) mass is 364 g/mol. The molecule has 0 saturated heterocycles. The van der Waals surface area contributed by atoms with E-state index in [0.717, 1.165) is 12.1 Å². The maximum Gasteiger partial charge on any atom is 0.416 e. The van der Waals surface area contributed by atoms with Gasteiger partial charge in [0.15, 0.2) is 5.78 Å². The Bertz CT molecular complexity index is 742. The van der Waals surface area contributed by atoms with Gasteiger partial charge in [-0.3, -0.25) is 9.59 Å². The normalized spacial score (nSPS) is 13.7. The minimum absolute atomic E-state index is 0.179. The summed E-state index contributed by atoms with van der Waals surface area (Å²) in [5.41, 5.74) is -4.06. The minimum atomic E-state index is -5.16. The van der Waals surface area contributed by atoms with Gasteiger partial charge in [0.2, 0.25) is 5.41 Å². The molecule has 2 rings (SSSR count). The number of Topliss-reactive ketones (excluding diaryl/α,β-unsaturated/α-hetero) is 1. The molecule has 0 spiro atoms. The van der Waals surface area contributed by atoms with E-state index in [1.165, 1.54) is 42.5 Å². The molecule has 1 unspecified atom stereocenters. The molecular formula is C20H19F3O3. The number of ether oxygens (including phenoxy) is 1. The fourth-order valence-corrected chi connectivity index (χ4v) is 2.66. The van der Waals surface area contributed by atoms with Crippen molar-refractivity contribution in [2.24, 2.45) is 0 Å². The third-order valence-corrected chi connectivity index (χ3v) is 4.05. The molecule has 6 heteroatoms. The Morgan fingerprint density at radius 1 is 0.923 bits per heavy atom. The number of esters is 1. The van der Waals surface area contributed by atoms with Gasteiger partial charge in [0, 0.05) is 5.56 Å². The summed E-state index contributed by atoms with van der Waals surface area (Å²) in [6, 6.07) is 13.4. The Balaban J connectivity index is 2.65. The highest BCUT2D eigenvalue weighted by Gasteiger charge is 2.67. The number of carbonyl (C=O) groups excluding carboxylic acids is 2. The van der Waals surface area contributed by atoms with E-state index in [1.807, 2.05) is 6.92 Å². The number of alkyl halides is 3. The Morgan fingerprint density at radius 3 is 1.96 bits per heavy atom. The lowest BCUT2D eigenvalue weighted by Crippen LogP contribution is -2.56. The highest BCUT2D eigenvalue weighted by molar-refractivity contribution is 6.18. The predicted molar refractivity (Wildman–Crippen MR) is 90.8 cm³/mol. The number of hydrogen-bond donors (Lipinski definition) is 0. The number of rotatable bonds is 7. The van der Waals surface area contributed by atoms with Crippen molar-refractivity contribution in [1.82, 2.24) is 0 Å². The first-order chi connectivity index (χ1) is 12.4. The van der Waals surface area contributed by atoms with Crippen molar-refractivity contribution in [2.45, 2.75) is 31.4 Å². The van der Waals surface area contributed by atoms with Crippen LogP contribution >= 0.6 is 0 Å². The van der Waals surface area contributed by atoms with E-state index in [2.05, 4.69) is 0 Å². The fourth-order valence-electron chi connectivity index (χ4n) is 2.66. The second-order valence-corrected chi connectivity index (χ2v) is 5.80. The lowest BCUT2D eigenvalue weighted by molar-refractivity contribution is -0.197. The van der Waals surface area contributed by atoms with E-state index in [0.29, 0.717) is 12.8 Å². The van der Waals surface area contributed by atoms with Crippen LogP contribution in [0, 0.1) is 0 Å². The average Bonchev–Trinajstić information content (AvgIpc) is 2.63. The van der Waals surface area contributed by atoms with Crippen LogP contribution in [-0.2, 0) is 14.9 Å². The lowest BCUT2D eigenvalue weighted by atomic mass is 9.73. The van der Waals surface area contributed by atoms with Crippen LogP contribution in [0.25, 0.3) is 0 Å². The molecule has 0 aliphatic rings. The first-order valence-corrected chi connectivity index (χ1v) is 8.25. The van der Waals surface area contributed by atoms with Crippen LogP contribution in [0.1, 0.15) is 35.7 Å². The molecule has 1 atom stereocenters. The zero-order valence-corrected chi connectivity index (χ0v) is 14.3. The van der Waals surface area contributed by atoms with Crippen LogP contribution in [-0.4, -0.2) is 24.5 Å². The smallest absolute Gasteiger partial charge is 0.416 e. The molecule has 0 N–H and O–H groups in total. The van der Waals surface area contributed by atoms with Gasteiger partial charge in [-0.15, -0.1) is 0 Å². The summed E-state index contributed by atoms with van der Waals surface area (Å²) in [7, 11) is 0. The number of carbonyl (C=O) groups is 2. The number of ketones is 1. The molecular weight excluding hydrogens is 345 g/mol. The van der Waals surface area contributed by atoms with E-state index in [-0.39, 0.29) is 12.2 Å². The van der Waals surface area contributed by atoms with Crippen molar-refractivity contribution in [2.75, 3.05) is 6.61 Å². The zero-order chi connectivity index (χ0) is 19.2.